The van der Waals surface area contributed by atoms with Gasteiger partial charge in [-0.1, -0.05) is 0 Å². The molecule has 2 amide bonds. The highest BCUT2D eigenvalue weighted by atomic mass is 16.5. The van der Waals surface area contributed by atoms with E-state index < -0.39 is 11.9 Å². The van der Waals surface area contributed by atoms with Crippen molar-refractivity contribution in [3.63, 3.8) is 0 Å². The molecule has 2 atom stereocenters. The van der Waals surface area contributed by atoms with E-state index >= 15 is 0 Å². The van der Waals surface area contributed by atoms with Gasteiger partial charge in [0, 0.05) is 19.7 Å². The topological polar surface area (TPSA) is 98.7 Å². The summed E-state index contributed by atoms with van der Waals surface area (Å²) in [4.78, 5) is 24.7. The van der Waals surface area contributed by atoms with Crippen LogP contribution >= 0.6 is 0 Å². The minimum absolute atomic E-state index is 0.111. The van der Waals surface area contributed by atoms with Gasteiger partial charge >= 0.3 is 0 Å². The Morgan fingerprint density at radius 2 is 2.06 bits per heavy atom. The van der Waals surface area contributed by atoms with Gasteiger partial charge in [0.2, 0.25) is 11.8 Å². The molecule has 6 nitrogen and oxygen atoms in total. The van der Waals surface area contributed by atoms with Gasteiger partial charge in [-0.05, 0) is 25.7 Å². The quantitative estimate of drug-likeness (QED) is 0.610. The number of ether oxygens (including phenoxy) is 1. The van der Waals surface area contributed by atoms with E-state index in [-0.39, 0.29) is 18.4 Å². The lowest BCUT2D eigenvalue weighted by molar-refractivity contribution is -0.137. The van der Waals surface area contributed by atoms with Crippen LogP contribution in [0.25, 0.3) is 0 Å². The average Bonchev–Trinajstić information content (AvgIpc) is 3.11. The number of primary amides is 1. The minimum Gasteiger partial charge on any atom is -0.383 e. The molecule has 1 fully saturated rings. The predicted molar refractivity (Wildman–Crippen MR) is 67.6 cm³/mol. The molecule has 0 spiro atoms. The zero-order valence-electron chi connectivity index (χ0n) is 11.1. The van der Waals surface area contributed by atoms with E-state index in [1.807, 2.05) is 6.92 Å². The van der Waals surface area contributed by atoms with Crippen LogP contribution in [-0.2, 0) is 14.3 Å². The van der Waals surface area contributed by atoms with Crippen LogP contribution in [0.4, 0.5) is 0 Å². The summed E-state index contributed by atoms with van der Waals surface area (Å²) in [6.45, 7) is 2.98. The molecule has 4 N–H and O–H groups in total. The van der Waals surface area contributed by atoms with Crippen molar-refractivity contribution in [2.45, 2.75) is 38.3 Å². The normalized spacial score (nSPS) is 18.2. The van der Waals surface area contributed by atoms with Crippen molar-refractivity contribution in [2.75, 3.05) is 20.3 Å². The van der Waals surface area contributed by atoms with E-state index in [9.17, 15) is 9.59 Å². The van der Waals surface area contributed by atoms with E-state index in [1.54, 1.807) is 12.0 Å². The molecule has 0 aliphatic heterocycles. The first-order chi connectivity index (χ1) is 8.47. The van der Waals surface area contributed by atoms with Gasteiger partial charge in [-0.15, -0.1) is 0 Å². The summed E-state index contributed by atoms with van der Waals surface area (Å²) in [5.74, 6) is -0.224. The number of carbonyl (C=O) groups is 2. The largest absolute Gasteiger partial charge is 0.383 e. The Morgan fingerprint density at radius 3 is 2.50 bits per heavy atom. The Labute approximate surface area is 108 Å². The van der Waals surface area contributed by atoms with Crippen molar-refractivity contribution >= 4 is 11.8 Å². The van der Waals surface area contributed by atoms with Crippen molar-refractivity contribution in [3.05, 3.63) is 0 Å². The zero-order chi connectivity index (χ0) is 13.7. The zero-order valence-corrected chi connectivity index (χ0v) is 11.1. The maximum Gasteiger partial charge on any atom is 0.240 e. The summed E-state index contributed by atoms with van der Waals surface area (Å²) in [5, 5.41) is 0. The van der Waals surface area contributed by atoms with E-state index in [1.165, 1.54) is 0 Å². The van der Waals surface area contributed by atoms with Gasteiger partial charge in [0.25, 0.3) is 0 Å². The van der Waals surface area contributed by atoms with E-state index in [4.69, 9.17) is 16.2 Å². The number of hydrogen-bond acceptors (Lipinski definition) is 4. The lowest BCUT2D eigenvalue weighted by atomic mass is 10.1. The van der Waals surface area contributed by atoms with E-state index in [2.05, 4.69) is 0 Å². The van der Waals surface area contributed by atoms with Crippen LogP contribution in [0.15, 0.2) is 0 Å². The minimum atomic E-state index is -0.847. The number of nitrogens with zero attached hydrogens (tertiary/aromatic N) is 1. The van der Waals surface area contributed by atoms with Gasteiger partial charge in [-0.2, -0.15) is 0 Å². The van der Waals surface area contributed by atoms with Gasteiger partial charge in [0.05, 0.1) is 19.1 Å². The van der Waals surface area contributed by atoms with Gasteiger partial charge in [0.15, 0.2) is 0 Å². The SMILES string of the molecule is COCCN(C(=O)C(N)CC(N)=O)C(C)C1CC1. The first-order valence-electron chi connectivity index (χ1n) is 6.30. The highest BCUT2D eigenvalue weighted by molar-refractivity contribution is 5.87. The summed E-state index contributed by atoms with van der Waals surface area (Å²) in [6, 6.07) is -0.702. The van der Waals surface area contributed by atoms with Crippen molar-refractivity contribution in [2.24, 2.45) is 17.4 Å². The van der Waals surface area contributed by atoms with Crippen molar-refractivity contribution in [1.82, 2.24) is 4.90 Å². The van der Waals surface area contributed by atoms with Crippen LogP contribution in [0, 0.1) is 5.92 Å². The number of methoxy groups -OCH3 is 1. The van der Waals surface area contributed by atoms with Crippen LogP contribution in [-0.4, -0.2) is 49.1 Å². The lowest BCUT2D eigenvalue weighted by Gasteiger charge is -2.31. The summed E-state index contributed by atoms with van der Waals surface area (Å²) in [6.07, 6.45) is 2.17. The molecular weight excluding hydrogens is 234 g/mol. The second-order valence-electron chi connectivity index (χ2n) is 4.88. The second kappa shape index (κ2) is 6.70. The Kier molecular flexibility index (Phi) is 5.55. The van der Waals surface area contributed by atoms with E-state index in [0.717, 1.165) is 12.8 Å². The molecule has 0 bridgehead atoms. The van der Waals surface area contributed by atoms with Gasteiger partial charge < -0.3 is 21.1 Å². The molecule has 1 saturated carbocycles. The molecular formula is C12H23N3O3. The fourth-order valence-electron chi connectivity index (χ4n) is 2.05. The number of carbonyl (C=O) groups excluding carboxylic acids is 2. The molecule has 104 valence electrons. The molecule has 0 aromatic heterocycles. The Bertz CT molecular complexity index is 305. The van der Waals surface area contributed by atoms with Crippen LogP contribution in [0.1, 0.15) is 26.2 Å². The standard InChI is InChI=1S/C12H23N3O3/c1-8(9-3-4-9)15(5-6-18-2)12(17)10(13)7-11(14)16/h8-10H,3-7,13H2,1-2H3,(H2,14,16). The van der Waals surface area contributed by atoms with Crippen LogP contribution in [0.3, 0.4) is 0 Å². The second-order valence-corrected chi connectivity index (χ2v) is 4.88. The summed E-state index contributed by atoms with van der Waals surface area (Å²) in [5.41, 5.74) is 10.8. The number of amides is 2. The third-order valence-electron chi connectivity index (χ3n) is 3.35. The van der Waals surface area contributed by atoms with Crippen LogP contribution < -0.4 is 11.5 Å². The molecule has 0 heterocycles. The smallest absolute Gasteiger partial charge is 0.240 e. The maximum absolute atomic E-state index is 12.2. The molecule has 2 unspecified atom stereocenters. The van der Waals surface area contributed by atoms with Crippen LogP contribution in [0.5, 0.6) is 0 Å². The lowest BCUT2D eigenvalue weighted by Crippen LogP contribution is -2.50. The van der Waals surface area contributed by atoms with Gasteiger partial charge in [-0.25, -0.2) is 0 Å². The summed E-state index contributed by atoms with van der Waals surface area (Å²) in [7, 11) is 1.59. The molecule has 0 aromatic carbocycles. The average molecular weight is 257 g/mol. The predicted octanol–water partition coefficient (Wildman–Crippen LogP) is -0.537. The maximum atomic E-state index is 12.2. The number of rotatable bonds is 8. The Balaban J connectivity index is 2.61. The van der Waals surface area contributed by atoms with Crippen molar-refractivity contribution in [3.8, 4) is 0 Å². The van der Waals surface area contributed by atoms with Crippen molar-refractivity contribution < 1.29 is 14.3 Å². The van der Waals surface area contributed by atoms with Crippen molar-refractivity contribution in [1.29, 1.82) is 0 Å². The molecule has 1 aliphatic rings. The summed E-state index contributed by atoms with van der Waals surface area (Å²) >= 11 is 0. The summed E-state index contributed by atoms with van der Waals surface area (Å²) < 4.78 is 5.01. The third-order valence-corrected chi connectivity index (χ3v) is 3.35. The highest BCUT2D eigenvalue weighted by Crippen LogP contribution is 2.35. The molecule has 1 aliphatic carbocycles. The first-order valence-corrected chi connectivity index (χ1v) is 6.30. The van der Waals surface area contributed by atoms with E-state index in [0.29, 0.717) is 19.1 Å². The first kappa shape index (κ1) is 14.9. The van der Waals surface area contributed by atoms with Gasteiger partial charge in [0.1, 0.15) is 0 Å². The Hall–Kier alpha value is -1.14. The number of nitrogens with two attached hydrogens (primary N) is 2. The molecule has 0 saturated heterocycles. The Morgan fingerprint density at radius 1 is 1.44 bits per heavy atom. The highest BCUT2D eigenvalue weighted by Gasteiger charge is 2.35. The molecule has 0 radical (unpaired) electrons. The molecule has 0 aromatic rings. The molecule has 6 heteroatoms. The number of hydrogen-bond donors (Lipinski definition) is 2. The van der Waals surface area contributed by atoms with Crippen LogP contribution in [0.2, 0.25) is 0 Å². The fourth-order valence-corrected chi connectivity index (χ4v) is 2.05. The fraction of sp³-hybridized carbons (Fsp3) is 0.833. The van der Waals surface area contributed by atoms with Gasteiger partial charge in [-0.3, -0.25) is 9.59 Å². The monoisotopic (exact) mass is 257 g/mol. The molecule has 18 heavy (non-hydrogen) atoms. The molecule has 1 rings (SSSR count). The third kappa shape index (κ3) is 4.27.